The molecule has 0 fully saturated rings. The van der Waals surface area contributed by atoms with Crippen molar-refractivity contribution in [2.45, 2.75) is 20.5 Å². The highest BCUT2D eigenvalue weighted by Crippen LogP contribution is 2.38. The molecule has 2 aliphatic heterocycles. The van der Waals surface area contributed by atoms with Crippen molar-refractivity contribution >= 4 is 29.2 Å². The zero-order valence-corrected chi connectivity index (χ0v) is 18.6. The normalized spacial score (nSPS) is 17.8. The molecule has 2 amide bonds. The van der Waals surface area contributed by atoms with Gasteiger partial charge in [0.15, 0.2) is 0 Å². The number of amides is 2. The second-order valence-electron chi connectivity index (χ2n) is 8.36. The first-order chi connectivity index (χ1) is 15.3. The summed E-state index contributed by atoms with van der Waals surface area (Å²) in [4.78, 5) is 30.8. The summed E-state index contributed by atoms with van der Waals surface area (Å²) < 4.78 is 7.75. The molecule has 5 rings (SSSR count). The molecule has 3 aromatic rings. The van der Waals surface area contributed by atoms with E-state index in [0.717, 1.165) is 39.5 Å². The minimum Gasteiger partial charge on any atom is -0.373 e. The van der Waals surface area contributed by atoms with Crippen molar-refractivity contribution in [2.24, 2.45) is 7.05 Å². The summed E-state index contributed by atoms with van der Waals surface area (Å²) >= 11 is 0. The molecule has 2 N–H and O–H groups in total. The van der Waals surface area contributed by atoms with E-state index in [1.165, 1.54) is 0 Å². The monoisotopic (exact) mass is 431 g/mol. The molecule has 0 atom stereocenters. The average molecular weight is 431 g/mol. The number of nitrogens with zero attached hydrogens (tertiary/aromatic N) is 3. The lowest BCUT2D eigenvalue weighted by Crippen LogP contribution is -2.30. The van der Waals surface area contributed by atoms with E-state index < -0.39 is 0 Å². The minimum absolute atomic E-state index is 0.124. The fourth-order valence-corrected chi connectivity index (χ4v) is 4.36. The van der Waals surface area contributed by atoms with Gasteiger partial charge in [-0.25, -0.2) is 0 Å². The van der Waals surface area contributed by atoms with Gasteiger partial charge in [0.05, 0.1) is 35.7 Å². The van der Waals surface area contributed by atoms with Gasteiger partial charge in [-0.3, -0.25) is 14.3 Å². The van der Waals surface area contributed by atoms with Crippen LogP contribution < -0.4 is 5.32 Å². The van der Waals surface area contributed by atoms with Crippen LogP contribution in [-0.4, -0.2) is 51.7 Å². The van der Waals surface area contributed by atoms with Gasteiger partial charge < -0.3 is 19.9 Å². The van der Waals surface area contributed by atoms with Crippen molar-refractivity contribution in [3.8, 4) is 11.1 Å². The largest absolute Gasteiger partial charge is 0.373 e. The average Bonchev–Trinajstić information content (AvgIpc) is 3.37. The highest BCUT2D eigenvalue weighted by Gasteiger charge is 2.27. The van der Waals surface area contributed by atoms with Crippen LogP contribution in [0.4, 0.5) is 5.69 Å². The molecule has 8 heteroatoms. The van der Waals surface area contributed by atoms with Gasteiger partial charge in [0.25, 0.3) is 11.8 Å². The lowest BCUT2D eigenvalue weighted by molar-refractivity contribution is -0.110. The number of hydrogen-bond acceptors (Lipinski definition) is 4. The zero-order valence-electron chi connectivity index (χ0n) is 18.6. The van der Waals surface area contributed by atoms with Gasteiger partial charge in [-0.2, -0.15) is 5.10 Å². The second-order valence-corrected chi connectivity index (χ2v) is 8.36. The molecule has 0 saturated carbocycles. The molecule has 0 spiro atoms. The maximum absolute atomic E-state index is 13.1. The molecule has 0 aliphatic carbocycles. The number of nitrogens with one attached hydrogen (secondary N) is 2. The number of aromatic nitrogens is 3. The van der Waals surface area contributed by atoms with Crippen LogP contribution in [-0.2, 0) is 23.2 Å². The van der Waals surface area contributed by atoms with Crippen LogP contribution in [0, 0.1) is 13.8 Å². The van der Waals surface area contributed by atoms with E-state index in [1.807, 2.05) is 49.8 Å². The summed E-state index contributed by atoms with van der Waals surface area (Å²) in [5.74, 6) is -0.312. The molecule has 0 unspecified atom stereocenters. The maximum atomic E-state index is 13.1. The summed E-state index contributed by atoms with van der Waals surface area (Å²) in [6.07, 6.45) is 1.77. The molecule has 2 aliphatic rings. The predicted octanol–water partition coefficient (Wildman–Crippen LogP) is 3.13. The summed E-state index contributed by atoms with van der Waals surface area (Å²) in [6, 6.07) is 7.74. The number of anilines is 1. The van der Waals surface area contributed by atoms with Crippen LogP contribution in [0.25, 0.3) is 22.8 Å². The topological polar surface area (TPSA) is 92.2 Å². The molecule has 164 valence electrons. The highest BCUT2D eigenvalue weighted by atomic mass is 16.5. The van der Waals surface area contributed by atoms with Gasteiger partial charge in [-0.15, -0.1) is 0 Å². The van der Waals surface area contributed by atoms with E-state index in [0.29, 0.717) is 36.6 Å². The van der Waals surface area contributed by atoms with Crippen molar-refractivity contribution in [2.75, 3.05) is 25.5 Å². The number of carbonyl (C=O) groups is 2. The zero-order chi connectivity index (χ0) is 22.6. The Morgan fingerprint density at radius 2 is 1.91 bits per heavy atom. The number of rotatable bonds is 0. The molecule has 1 aromatic carbocycles. The van der Waals surface area contributed by atoms with E-state index >= 15 is 0 Å². The van der Waals surface area contributed by atoms with E-state index in [9.17, 15) is 9.59 Å². The van der Waals surface area contributed by atoms with Crippen molar-refractivity contribution in [1.29, 1.82) is 0 Å². The molecule has 0 radical (unpaired) electrons. The summed E-state index contributed by atoms with van der Waals surface area (Å²) in [5, 5.41) is 7.57. The summed E-state index contributed by atoms with van der Waals surface area (Å²) in [7, 11) is 3.66. The van der Waals surface area contributed by atoms with Crippen LogP contribution in [0.5, 0.6) is 0 Å². The Labute approximate surface area is 185 Å². The number of H-pyrrole nitrogens is 1. The number of aryl methyl sites for hydroxylation is 2. The van der Waals surface area contributed by atoms with Gasteiger partial charge in [-0.05, 0) is 43.7 Å². The number of likely N-dealkylation sites (N-methyl/N-ethyl adjacent to an activating group) is 1. The fourth-order valence-electron chi connectivity index (χ4n) is 4.36. The second kappa shape index (κ2) is 7.49. The lowest BCUT2D eigenvalue weighted by Gasteiger charge is -2.17. The van der Waals surface area contributed by atoms with Gasteiger partial charge in [0.2, 0.25) is 0 Å². The molecule has 0 saturated heterocycles. The third kappa shape index (κ3) is 3.23. The molecular formula is C24H25N5O3. The Morgan fingerprint density at radius 3 is 2.72 bits per heavy atom. The Bertz CT molecular complexity index is 1300. The van der Waals surface area contributed by atoms with E-state index in [-0.39, 0.29) is 11.8 Å². The summed E-state index contributed by atoms with van der Waals surface area (Å²) in [6.45, 7) is 5.09. The fraction of sp³-hybridized carbons (Fsp3) is 0.292. The van der Waals surface area contributed by atoms with Crippen molar-refractivity contribution in [3.05, 3.63) is 58.2 Å². The number of aromatic amines is 1. The van der Waals surface area contributed by atoms with Gasteiger partial charge in [-0.1, -0.05) is 6.07 Å². The van der Waals surface area contributed by atoms with Crippen molar-refractivity contribution in [3.63, 3.8) is 0 Å². The Balaban J connectivity index is 1.73. The van der Waals surface area contributed by atoms with Crippen LogP contribution >= 0.6 is 0 Å². The first kappa shape index (κ1) is 20.3. The van der Waals surface area contributed by atoms with Crippen LogP contribution in [0.15, 0.2) is 24.3 Å². The minimum atomic E-state index is -0.188. The standard InChI is InChI=1S/C24H25N5O3/c1-13-9-18-20(25-13)11-17-16-10-15(5-6-19(16)26-23(17)30)22-14(2)29(4)27-21(22)12-32-8-7-28(3)24(18)31/h5-6,9-11,25H,7-8,12H2,1-4H3,(H,26,30)/b17-11-. The number of ether oxygens (including phenoxy) is 1. The van der Waals surface area contributed by atoms with E-state index in [2.05, 4.69) is 15.4 Å². The molecule has 8 nitrogen and oxygen atoms in total. The van der Waals surface area contributed by atoms with Gasteiger partial charge in [0, 0.05) is 48.8 Å². The van der Waals surface area contributed by atoms with E-state index in [1.54, 1.807) is 18.0 Å². The van der Waals surface area contributed by atoms with Gasteiger partial charge in [0.1, 0.15) is 0 Å². The Morgan fingerprint density at radius 1 is 1.09 bits per heavy atom. The van der Waals surface area contributed by atoms with E-state index in [4.69, 9.17) is 4.74 Å². The lowest BCUT2D eigenvalue weighted by atomic mass is 9.97. The quantitative estimate of drug-likeness (QED) is 0.572. The molecular weight excluding hydrogens is 406 g/mol. The molecule has 2 bridgehead atoms. The maximum Gasteiger partial charge on any atom is 0.256 e. The number of carbonyl (C=O) groups excluding carboxylic acids is 2. The first-order valence-corrected chi connectivity index (χ1v) is 10.6. The van der Waals surface area contributed by atoms with Crippen LogP contribution in [0.2, 0.25) is 0 Å². The molecule has 32 heavy (non-hydrogen) atoms. The first-order valence-electron chi connectivity index (χ1n) is 10.6. The molecule has 4 heterocycles. The SMILES string of the molecule is Cc1cc2c([nH]1)/C=C1\C(=O)Nc3ccc(cc31)-c1c(nn(C)c1C)COCCN(C)C2=O. The number of benzene rings is 1. The number of fused-ring (bicyclic) bond motifs is 4. The van der Waals surface area contributed by atoms with Gasteiger partial charge >= 0.3 is 0 Å². The third-order valence-electron chi connectivity index (χ3n) is 6.16. The van der Waals surface area contributed by atoms with Crippen LogP contribution in [0.3, 0.4) is 0 Å². The Hall–Kier alpha value is -3.65. The Kier molecular flexibility index (Phi) is 4.74. The number of hydrogen-bond donors (Lipinski definition) is 2. The predicted molar refractivity (Wildman–Crippen MR) is 122 cm³/mol. The molecule has 2 aromatic heterocycles. The highest BCUT2D eigenvalue weighted by molar-refractivity contribution is 6.35. The summed E-state index contributed by atoms with van der Waals surface area (Å²) in [5.41, 5.74) is 7.92. The third-order valence-corrected chi connectivity index (χ3v) is 6.16. The smallest absolute Gasteiger partial charge is 0.256 e. The van der Waals surface area contributed by atoms with Crippen molar-refractivity contribution < 1.29 is 14.3 Å². The van der Waals surface area contributed by atoms with Crippen molar-refractivity contribution in [1.82, 2.24) is 19.7 Å². The van der Waals surface area contributed by atoms with Crippen LogP contribution in [0.1, 0.15) is 38.7 Å².